The molecule has 30 heavy (non-hydrogen) atoms. The molecule has 0 heterocycles. The second kappa shape index (κ2) is 7.62. The smallest absolute Gasteiger partial charge is 0.133 e. The molecule has 1 aromatic rings. The van der Waals surface area contributed by atoms with Crippen LogP contribution in [0.1, 0.15) is 77.7 Å². The number of ether oxygens (including phenoxy) is 1. The minimum Gasteiger partial charge on any atom is -0.373 e. The lowest BCUT2D eigenvalue weighted by atomic mass is 9.47. The molecule has 2 nitrogen and oxygen atoms in total. The Kier molecular flexibility index (Phi) is 5.21. The fourth-order valence-electron chi connectivity index (χ4n) is 8.23. The lowest BCUT2D eigenvalue weighted by Gasteiger charge is -2.58. The highest BCUT2D eigenvalue weighted by molar-refractivity contribution is 5.79. The van der Waals surface area contributed by atoms with Crippen LogP contribution < -0.4 is 0 Å². The van der Waals surface area contributed by atoms with Gasteiger partial charge >= 0.3 is 0 Å². The van der Waals surface area contributed by atoms with Crippen LogP contribution in [-0.2, 0) is 16.1 Å². The zero-order chi connectivity index (χ0) is 20.9. The first-order valence-electron chi connectivity index (χ1n) is 12.3. The Labute approximate surface area is 182 Å². The van der Waals surface area contributed by atoms with E-state index in [4.69, 9.17) is 4.74 Å². The van der Waals surface area contributed by atoms with Crippen LogP contribution in [0.5, 0.6) is 0 Å². The number of carbonyl (C=O) groups is 1. The van der Waals surface area contributed by atoms with Gasteiger partial charge in [0.15, 0.2) is 0 Å². The van der Waals surface area contributed by atoms with Crippen LogP contribution in [0.15, 0.2) is 42.0 Å². The molecule has 0 radical (unpaired) electrons. The standard InChI is InChI=1S/C28H38O2/c1-19(29)24-11-12-25-23-10-9-21-17-22(30-18-20-7-5-4-6-8-20)13-15-27(21,2)26(23)14-16-28(24,25)3/h4-9,22-26H,10-18H2,1-3H3/t22-,23?,24?,25?,26?,27-,28+/m0/s1. The van der Waals surface area contributed by atoms with E-state index < -0.39 is 0 Å². The number of hydrogen-bond donors (Lipinski definition) is 0. The van der Waals surface area contributed by atoms with Gasteiger partial charge in [-0.15, -0.1) is 0 Å². The molecule has 0 aliphatic heterocycles. The fraction of sp³-hybridized carbons (Fsp3) is 0.679. The highest BCUT2D eigenvalue weighted by Gasteiger charge is 2.59. The van der Waals surface area contributed by atoms with Crippen molar-refractivity contribution in [2.75, 3.05) is 0 Å². The molecule has 2 heteroatoms. The number of rotatable bonds is 4. The Morgan fingerprint density at radius 1 is 1.03 bits per heavy atom. The van der Waals surface area contributed by atoms with Crippen LogP contribution >= 0.6 is 0 Å². The summed E-state index contributed by atoms with van der Waals surface area (Å²) in [6.45, 7) is 7.57. The van der Waals surface area contributed by atoms with Crippen molar-refractivity contribution in [3.63, 3.8) is 0 Å². The summed E-state index contributed by atoms with van der Waals surface area (Å²) < 4.78 is 6.35. The summed E-state index contributed by atoms with van der Waals surface area (Å²) >= 11 is 0. The van der Waals surface area contributed by atoms with Gasteiger partial charge in [0.2, 0.25) is 0 Å². The lowest BCUT2D eigenvalue weighted by Crippen LogP contribution is -2.51. The predicted molar refractivity (Wildman–Crippen MR) is 121 cm³/mol. The van der Waals surface area contributed by atoms with E-state index in [2.05, 4.69) is 50.3 Å². The van der Waals surface area contributed by atoms with Gasteiger partial charge < -0.3 is 4.74 Å². The SMILES string of the molecule is CC(=O)C1CCC2C3CC=C4C[C@@H](OCc5ccccc5)CC[C@]4(C)C3CC[C@]12C. The molecule has 0 bridgehead atoms. The average Bonchev–Trinajstić information content (AvgIpc) is 3.10. The van der Waals surface area contributed by atoms with Crippen molar-refractivity contribution in [1.29, 1.82) is 0 Å². The average molecular weight is 407 g/mol. The van der Waals surface area contributed by atoms with Gasteiger partial charge in [-0.05, 0) is 92.4 Å². The van der Waals surface area contributed by atoms with Crippen LogP contribution in [0.3, 0.4) is 0 Å². The van der Waals surface area contributed by atoms with Gasteiger partial charge in [-0.1, -0.05) is 55.8 Å². The maximum absolute atomic E-state index is 12.3. The van der Waals surface area contributed by atoms with Gasteiger partial charge in [-0.25, -0.2) is 0 Å². The van der Waals surface area contributed by atoms with E-state index in [9.17, 15) is 4.79 Å². The summed E-state index contributed by atoms with van der Waals surface area (Å²) in [5, 5.41) is 0. The molecule has 1 aromatic carbocycles. The number of fused-ring (bicyclic) bond motifs is 5. The molecular formula is C28H38O2. The number of carbonyl (C=O) groups excluding carboxylic acids is 1. The van der Waals surface area contributed by atoms with Crippen LogP contribution in [0.2, 0.25) is 0 Å². The van der Waals surface area contributed by atoms with Gasteiger partial charge in [-0.3, -0.25) is 4.79 Å². The fourth-order valence-corrected chi connectivity index (χ4v) is 8.23. The van der Waals surface area contributed by atoms with Crippen molar-refractivity contribution in [2.24, 2.45) is 34.5 Å². The summed E-state index contributed by atoms with van der Waals surface area (Å²) in [6, 6.07) is 10.6. The summed E-state index contributed by atoms with van der Waals surface area (Å²) in [7, 11) is 0. The van der Waals surface area contributed by atoms with E-state index in [0.29, 0.717) is 23.2 Å². The van der Waals surface area contributed by atoms with E-state index in [-0.39, 0.29) is 5.41 Å². The van der Waals surface area contributed by atoms with E-state index in [1.807, 2.05) is 6.92 Å². The first-order chi connectivity index (χ1) is 14.4. The van der Waals surface area contributed by atoms with E-state index >= 15 is 0 Å². The molecule has 3 saturated carbocycles. The van der Waals surface area contributed by atoms with Crippen LogP contribution in [0, 0.1) is 34.5 Å². The topological polar surface area (TPSA) is 26.3 Å². The molecule has 4 aliphatic carbocycles. The van der Waals surface area contributed by atoms with E-state index in [0.717, 1.165) is 37.2 Å². The van der Waals surface area contributed by atoms with Gasteiger partial charge in [0, 0.05) is 5.92 Å². The Balaban J connectivity index is 1.30. The maximum Gasteiger partial charge on any atom is 0.133 e. The zero-order valence-corrected chi connectivity index (χ0v) is 19.0. The summed E-state index contributed by atoms with van der Waals surface area (Å²) in [5.41, 5.74) is 3.56. The Hall–Kier alpha value is -1.41. The van der Waals surface area contributed by atoms with Crippen molar-refractivity contribution in [3.8, 4) is 0 Å². The third-order valence-electron chi connectivity index (χ3n) is 9.88. The van der Waals surface area contributed by atoms with Crippen LogP contribution in [0.25, 0.3) is 0 Å². The molecule has 162 valence electrons. The van der Waals surface area contributed by atoms with Crippen molar-refractivity contribution in [3.05, 3.63) is 47.5 Å². The molecule has 0 amide bonds. The lowest BCUT2D eigenvalue weighted by molar-refractivity contribution is -0.127. The van der Waals surface area contributed by atoms with Gasteiger partial charge in [-0.2, -0.15) is 0 Å². The Morgan fingerprint density at radius 2 is 1.83 bits per heavy atom. The predicted octanol–water partition coefficient (Wildman–Crippen LogP) is 6.74. The van der Waals surface area contributed by atoms with E-state index in [1.54, 1.807) is 5.57 Å². The quantitative estimate of drug-likeness (QED) is 0.518. The minimum atomic E-state index is 0.255. The molecule has 7 atom stereocenters. The molecule has 4 unspecified atom stereocenters. The number of Topliss-reactive ketones (excluding diaryl/α,β-unsaturated/α-hetero) is 1. The Bertz CT molecular complexity index is 826. The van der Waals surface area contributed by atoms with Crippen molar-refractivity contribution < 1.29 is 9.53 Å². The Morgan fingerprint density at radius 3 is 2.60 bits per heavy atom. The number of ketones is 1. The second-order valence-corrected chi connectivity index (χ2v) is 11.2. The molecule has 3 fully saturated rings. The molecule has 4 aliphatic rings. The largest absolute Gasteiger partial charge is 0.373 e. The third-order valence-corrected chi connectivity index (χ3v) is 9.88. The molecule has 0 saturated heterocycles. The number of hydrogen-bond acceptors (Lipinski definition) is 2. The van der Waals surface area contributed by atoms with Gasteiger partial charge in [0.1, 0.15) is 5.78 Å². The highest BCUT2D eigenvalue weighted by atomic mass is 16.5. The molecule has 0 N–H and O–H groups in total. The highest BCUT2D eigenvalue weighted by Crippen LogP contribution is 2.66. The molecule has 5 rings (SSSR count). The summed E-state index contributed by atoms with van der Waals surface area (Å²) in [6.07, 6.45) is 12.7. The summed E-state index contributed by atoms with van der Waals surface area (Å²) in [5.74, 6) is 3.07. The van der Waals surface area contributed by atoms with Crippen LogP contribution in [0.4, 0.5) is 0 Å². The van der Waals surface area contributed by atoms with Crippen LogP contribution in [-0.4, -0.2) is 11.9 Å². The maximum atomic E-state index is 12.3. The van der Waals surface area contributed by atoms with Crippen molar-refractivity contribution in [1.82, 2.24) is 0 Å². The minimum absolute atomic E-state index is 0.255. The van der Waals surface area contributed by atoms with Crippen molar-refractivity contribution >= 4 is 5.78 Å². The summed E-state index contributed by atoms with van der Waals surface area (Å²) in [4.78, 5) is 12.3. The molecular weight excluding hydrogens is 368 g/mol. The molecule has 0 spiro atoms. The first-order valence-corrected chi connectivity index (χ1v) is 12.3. The molecule has 0 aromatic heterocycles. The van der Waals surface area contributed by atoms with Gasteiger partial charge in [0.25, 0.3) is 0 Å². The first kappa shape index (κ1) is 20.5. The van der Waals surface area contributed by atoms with Gasteiger partial charge in [0.05, 0.1) is 12.7 Å². The van der Waals surface area contributed by atoms with E-state index in [1.165, 1.54) is 44.1 Å². The third kappa shape index (κ3) is 3.22. The second-order valence-electron chi connectivity index (χ2n) is 11.2. The monoisotopic (exact) mass is 406 g/mol. The number of benzene rings is 1. The number of allylic oxidation sites excluding steroid dienone is 1. The zero-order valence-electron chi connectivity index (χ0n) is 19.0. The van der Waals surface area contributed by atoms with Crippen molar-refractivity contribution in [2.45, 2.75) is 84.8 Å². The normalized spacial score (nSPS) is 42.6.